The van der Waals surface area contributed by atoms with E-state index in [1.54, 1.807) is 0 Å². The van der Waals surface area contributed by atoms with Crippen LogP contribution in [0.2, 0.25) is 0 Å². The Morgan fingerprint density at radius 1 is 0.826 bits per heavy atom. The molecule has 0 bridgehead atoms. The van der Waals surface area contributed by atoms with Crippen LogP contribution in [0.3, 0.4) is 0 Å². The molecular formula is C20H26N2O. The van der Waals surface area contributed by atoms with E-state index in [1.807, 2.05) is 0 Å². The predicted octanol–water partition coefficient (Wildman–Crippen LogP) is 4.55. The molecule has 0 unspecified atom stereocenters. The molecule has 1 saturated carbocycles. The van der Waals surface area contributed by atoms with Gasteiger partial charge in [0, 0.05) is 18.5 Å². The molecule has 3 nitrogen and oxygen atoms in total. The van der Waals surface area contributed by atoms with Crippen molar-refractivity contribution in [3.63, 3.8) is 0 Å². The van der Waals surface area contributed by atoms with Gasteiger partial charge in [-0.1, -0.05) is 37.5 Å². The molecule has 2 fully saturated rings. The Morgan fingerprint density at radius 3 is 2.39 bits per heavy atom. The first kappa shape index (κ1) is 14.9. The van der Waals surface area contributed by atoms with Gasteiger partial charge in [0.25, 0.3) is 0 Å². The Balaban J connectivity index is 1.36. The average molecular weight is 310 g/mol. The van der Waals surface area contributed by atoms with Crippen molar-refractivity contribution in [2.24, 2.45) is 0 Å². The van der Waals surface area contributed by atoms with Crippen LogP contribution in [0.1, 0.15) is 44.9 Å². The number of benzene rings is 1. The molecule has 2 aromatic rings. The minimum atomic E-state index is 0.454. The fourth-order valence-electron chi connectivity index (χ4n) is 3.93. The van der Waals surface area contributed by atoms with E-state index in [1.165, 1.54) is 37.5 Å². The number of pyridine rings is 1. The molecule has 23 heavy (non-hydrogen) atoms. The van der Waals surface area contributed by atoms with Gasteiger partial charge in [0.1, 0.15) is 5.82 Å². The first-order chi connectivity index (χ1) is 11.4. The van der Waals surface area contributed by atoms with Crippen molar-refractivity contribution >= 4 is 16.7 Å². The summed E-state index contributed by atoms with van der Waals surface area (Å²) in [6.07, 6.45) is 9.88. The topological polar surface area (TPSA) is 25.4 Å². The summed E-state index contributed by atoms with van der Waals surface area (Å²) in [6, 6.07) is 12.7. The quantitative estimate of drug-likeness (QED) is 0.831. The Morgan fingerprint density at radius 2 is 1.57 bits per heavy atom. The van der Waals surface area contributed by atoms with E-state index < -0.39 is 0 Å². The minimum Gasteiger partial charge on any atom is -0.375 e. The van der Waals surface area contributed by atoms with Gasteiger partial charge in [-0.25, -0.2) is 4.98 Å². The zero-order valence-electron chi connectivity index (χ0n) is 13.8. The first-order valence-corrected chi connectivity index (χ1v) is 9.15. The summed E-state index contributed by atoms with van der Waals surface area (Å²) in [7, 11) is 0. The number of aromatic nitrogens is 1. The lowest BCUT2D eigenvalue weighted by Crippen LogP contribution is -2.39. The molecule has 3 heteroatoms. The smallest absolute Gasteiger partial charge is 0.129 e. The second-order valence-electron chi connectivity index (χ2n) is 6.94. The maximum absolute atomic E-state index is 6.34. The van der Waals surface area contributed by atoms with E-state index in [0.29, 0.717) is 12.2 Å². The number of nitrogens with zero attached hydrogens (tertiary/aromatic N) is 2. The highest BCUT2D eigenvalue weighted by Crippen LogP contribution is 2.26. The molecule has 122 valence electrons. The Labute approximate surface area is 138 Å². The molecule has 1 aromatic heterocycles. The molecule has 1 aliphatic carbocycles. The third-order valence-corrected chi connectivity index (χ3v) is 5.29. The van der Waals surface area contributed by atoms with E-state index in [9.17, 15) is 0 Å². The van der Waals surface area contributed by atoms with Crippen LogP contribution in [0.5, 0.6) is 0 Å². The normalized spacial score (nSPS) is 21.0. The maximum Gasteiger partial charge on any atom is 0.129 e. The highest BCUT2D eigenvalue weighted by molar-refractivity contribution is 5.80. The number of anilines is 1. The van der Waals surface area contributed by atoms with Gasteiger partial charge in [-0.05, 0) is 43.9 Å². The van der Waals surface area contributed by atoms with Crippen LogP contribution in [0, 0.1) is 0 Å². The van der Waals surface area contributed by atoms with E-state index in [-0.39, 0.29) is 0 Å². The van der Waals surface area contributed by atoms with E-state index in [0.717, 1.165) is 37.3 Å². The number of ether oxygens (including phenoxy) is 1. The summed E-state index contributed by atoms with van der Waals surface area (Å²) < 4.78 is 6.34. The van der Waals surface area contributed by atoms with E-state index in [2.05, 4.69) is 41.3 Å². The van der Waals surface area contributed by atoms with Crippen LogP contribution in [-0.4, -0.2) is 30.3 Å². The molecule has 0 N–H and O–H groups in total. The van der Waals surface area contributed by atoms with Crippen molar-refractivity contribution in [2.45, 2.75) is 57.2 Å². The number of hydrogen-bond donors (Lipinski definition) is 0. The number of piperidine rings is 1. The van der Waals surface area contributed by atoms with Crippen LogP contribution >= 0.6 is 0 Å². The van der Waals surface area contributed by atoms with Gasteiger partial charge < -0.3 is 9.64 Å². The molecule has 2 aliphatic rings. The number of para-hydroxylation sites is 1. The van der Waals surface area contributed by atoms with Gasteiger partial charge in [0.05, 0.1) is 17.7 Å². The van der Waals surface area contributed by atoms with Crippen LogP contribution in [0.25, 0.3) is 10.9 Å². The van der Waals surface area contributed by atoms with Crippen molar-refractivity contribution in [3.05, 3.63) is 36.4 Å². The Hall–Kier alpha value is -1.61. The third kappa shape index (κ3) is 3.50. The van der Waals surface area contributed by atoms with Crippen molar-refractivity contribution in [2.75, 3.05) is 18.0 Å². The lowest BCUT2D eigenvalue weighted by atomic mass is 9.97. The summed E-state index contributed by atoms with van der Waals surface area (Å²) in [6.45, 7) is 2.12. The molecule has 1 saturated heterocycles. The van der Waals surface area contributed by atoms with Gasteiger partial charge in [0.15, 0.2) is 0 Å². The van der Waals surface area contributed by atoms with Crippen LogP contribution in [0.4, 0.5) is 5.82 Å². The zero-order chi connectivity index (χ0) is 15.5. The van der Waals surface area contributed by atoms with Crippen molar-refractivity contribution in [3.8, 4) is 0 Å². The average Bonchev–Trinajstić information content (AvgIpc) is 2.63. The summed E-state index contributed by atoms with van der Waals surface area (Å²) in [5.41, 5.74) is 1.09. The number of rotatable bonds is 3. The highest BCUT2D eigenvalue weighted by atomic mass is 16.5. The van der Waals surface area contributed by atoms with Gasteiger partial charge in [0.2, 0.25) is 0 Å². The molecule has 0 atom stereocenters. The minimum absolute atomic E-state index is 0.454. The second-order valence-corrected chi connectivity index (χ2v) is 6.94. The molecule has 2 heterocycles. The highest BCUT2D eigenvalue weighted by Gasteiger charge is 2.24. The molecule has 0 radical (unpaired) electrons. The SMILES string of the molecule is c1ccc2nc(N3CCC(OC4CCCCC4)CC3)ccc2c1. The van der Waals surface area contributed by atoms with Crippen molar-refractivity contribution in [1.82, 2.24) is 4.98 Å². The molecular weight excluding hydrogens is 284 g/mol. The monoisotopic (exact) mass is 310 g/mol. The molecule has 4 rings (SSSR count). The van der Waals surface area contributed by atoms with Gasteiger partial charge in [-0.3, -0.25) is 0 Å². The standard InChI is InChI=1S/C20H26N2O/c1-2-7-17(8-3-1)23-18-12-14-22(15-13-18)20-11-10-16-6-4-5-9-19(16)21-20/h4-6,9-11,17-18H,1-3,7-8,12-15H2. The summed E-state index contributed by atoms with van der Waals surface area (Å²) in [5.74, 6) is 1.11. The van der Waals surface area contributed by atoms with Crippen molar-refractivity contribution < 1.29 is 4.74 Å². The van der Waals surface area contributed by atoms with E-state index in [4.69, 9.17) is 9.72 Å². The van der Waals surface area contributed by atoms with Crippen LogP contribution in [-0.2, 0) is 4.74 Å². The third-order valence-electron chi connectivity index (χ3n) is 5.29. The Bertz CT molecular complexity index is 643. The first-order valence-electron chi connectivity index (χ1n) is 9.15. The number of hydrogen-bond acceptors (Lipinski definition) is 3. The largest absolute Gasteiger partial charge is 0.375 e. The Kier molecular flexibility index (Phi) is 4.47. The second kappa shape index (κ2) is 6.88. The van der Waals surface area contributed by atoms with Gasteiger partial charge in [-0.15, -0.1) is 0 Å². The van der Waals surface area contributed by atoms with Crippen molar-refractivity contribution in [1.29, 1.82) is 0 Å². The zero-order valence-corrected chi connectivity index (χ0v) is 13.8. The van der Waals surface area contributed by atoms with Gasteiger partial charge >= 0.3 is 0 Å². The van der Waals surface area contributed by atoms with Crippen LogP contribution < -0.4 is 4.90 Å². The maximum atomic E-state index is 6.34. The fourth-order valence-corrected chi connectivity index (χ4v) is 3.93. The predicted molar refractivity (Wildman–Crippen MR) is 94.9 cm³/mol. The summed E-state index contributed by atoms with van der Waals surface area (Å²) >= 11 is 0. The van der Waals surface area contributed by atoms with Gasteiger partial charge in [-0.2, -0.15) is 0 Å². The molecule has 0 amide bonds. The lowest BCUT2D eigenvalue weighted by molar-refractivity contribution is -0.0395. The number of fused-ring (bicyclic) bond motifs is 1. The van der Waals surface area contributed by atoms with Crippen LogP contribution in [0.15, 0.2) is 36.4 Å². The summed E-state index contributed by atoms with van der Waals surface area (Å²) in [5, 5.41) is 1.21. The lowest BCUT2D eigenvalue weighted by Gasteiger charge is -2.35. The fraction of sp³-hybridized carbons (Fsp3) is 0.550. The molecule has 1 aliphatic heterocycles. The molecule has 1 aromatic carbocycles. The molecule has 0 spiro atoms. The summed E-state index contributed by atoms with van der Waals surface area (Å²) in [4.78, 5) is 7.23. The van der Waals surface area contributed by atoms with E-state index >= 15 is 0 Å².